The number of aryl methyl sites for hydroxylation is 1. The van der Waals surface area contributed by atoms with Crippen LogP contribution in [0.2, 0.25) is 0 Å². The predicted octanol–water partition coefficient (Wildman–Crippen LogP) is 1.83. The van der Waals surface area contributed by atoms with Gasteiger partial charge in [0.1, 0.15) is 5.82 Å². The van der Waals surface area contributed by atoms with Crippen molar-refractivity contribution in [1.82, 2.24) is 25.0 Å². The van der Waals surface area contributed by atoms with Crippen LogP contribution >= 0.6 is 24.0 Å². The molecule has 0 radical (unpaired) electrons. The normalized spacial score (nSPS) is 18.1. The fourth-order valence-corrected chi connectivity index (χ4v) is 3.68. The Labute approximate surface area is 179 Å². The molecule has 1 aromatic heterocycles. The molecule has 154 valence electrons. The topological polar surface area (TPSA) is 76.8 Å². The summed E-state index contributed by atoms with van der Waals surface area (Å²) in [5.41, 5.74) is 0. The average Bonchev–Trinajstić information content (AvgIpc) is 3.10. The van der Waals surface area contributed by atoms with Crippen LogP contribution in [0.25, 0.3) is 0 Å². The number of hydrogen-bond donors (Lipinski definition) is 1. The molecule has 3 heterocycles. The Morgan fingerprint density at radius 3 is 2.74 bits per heavy atom. The summed E-state index contributed by atoms with van der Waals surface area (Å²) in [5.74, 6) is 3.07. The third kappa shape index (κ3) is 6.28. The molecule has 0 spiro atoms. The molecule has 2 aliphatic heterocycles. The number of methoxy groups -OCH3 is 1. The van der Waals surface area contributed by atoms with Crippen molar-refractivity contribution in [3.63, 3.8) is 0 Å². The Morgan fingerprint density at radius 2 is 2.00 bits per heavy atom. The number of likely N-dealkylation sites (tertiary alicyclic amines) is 1. The van der Waals surface area contributed by atoms with Crippen LogP contribution < -0.4 is 5.32 Å². The van der Waals surface area contributed by atoms with Gasteiger partial charge in [-0.3, -0.25) is 4.99 Å². The lowest BCUT2D eigenvalue weighted by molar-refractivity contribution is 0.00989. The van der Waals surface area contributed by atoms with Crippen LogP contribution in [0.5, 0.6) is 0 Å². The molecule has 0 atom stereocenters. The van der Waals surface area contributed by atoms with E-state index in [-0.39, 0.29) is 24.0 Å². The van der Waals surface area contributed by atoms with Crippen LogP contribution in [0.4, 0.5) is 0 Å². The molecule has 0 saturated carbocycles. The van der Waals surface area contributed by atoms with Crippen molar-refractivity contribution >= 4 is 29.9 Å². The minimum absolute atomic E-state index is 0. The van der Waals surface area contributed by atoms with E-state index in [1.807, 2.05) is 7.05 Å². The number of aliphatic imine (C=N–C) groups is 1. The molecule has 0 aromatic carbocycles. The molecule has 27 heavy (non-hydrogen) atoms. The highest BCUT2D eigenvalue weighted by molar-refractivity contribution is 14.0. The Bertz CT molecular complexity index is 586. The highest BCUT2D eigenvalue weighted by Crippen LogP contribution is 2.16. The number of nitrogens with zero attached hydrogens (tertiary/aromatic N) is 5. The van der Waals surface area contributed by atoms with E-state index in [1.165, 1.54) is 12.8 Å². The van der Waals surface area contributed by atoms with Crippen LogP contribution in [0.1, 0.15) is 43.8 Å². The zero-order valence-electron chi connectivity index (χ0n) is 16.5. The van der Waals surface area contributed by atoms with Gasteiger partial charge in [0.05, 0.1) is 12.6 Å². The van der Waals surface area contributed by atoms with Crippen LogP contribution in [0.15, 0.2) is 4.99 Å². The minimum atomic E-state index is 0. The molecule has 9 heteroatoms. The van der Waals surface area contributed by atoms with Crippen LogP contribution in [0.3, 0.4) is 0 Å². The van der Waals surface area contributed by atoms with Gasteiger partial charge in [-0.25, -0.2) is 0 Å². The van der Waals surface area contributed by atoms with Crippen molar-refractivity contribution in [3.8, 4) is 0 Å². The molecule has 1 saturated heterocycles. The van der Waals surface area contributed by atoms with Gasteiger partial charge < -0.3 is 24.3 Å². The molecule has 1 N–H and O–H groups in total. The number of guanidine groups is 1. The van der Waals surface area contributed by atoms with E-state index in [0.717, 1.165) is 76.1 Å². The van der Waals surface area contributed by atoms with E-state index in [0.29, 0.717) is 12.6 Å². The van der Waals surface area contributed by atoms with Crippen molar-refractivity contribution in [2.75, 3.05) is 40.5 Å². The first-order chi connectivity index (χ1) is 12.8. The van der Waals surface area contributed by atoms with Crippen LogP contribution in [-0.2, 0) is 29.0 Å². The van der Waals surface area contributed by atoms with E-state index in [4.69, 9.17) is 9.47 Å². The maximum absolute atomic E-state index is 5.94. The molecule has 1 fully saturated rings. The van der Waals surface area contributed by atoms with Gasteiger partial charge in [0.2, 0.25) is 0 Å². The molecule has 8 nitrogen and oxygen atoms in total. The Balaban J connectivity index is 0.00000261. The summed E-state index contributed by atoms with van der Waals surface area (Å²) in [6.07, 6.45) is 6.86. The Morgan fingerprint density at radius 1 is 1.19 bits per heavy atom. The van der Waals surface area contributed by atoms with E-state index in [1.54, 1.807) is 7.11 Å². The molecule has 0 bridgehead atoms. The lowest BCUT2D eigenvalue weighted by atomic mass is 10.1. The first kappa shape index (κ1) is 22.4. The van der Waals surface area contributed by atoms with Crippen LogP contribution in [0, 0.1) is 0 Å². The van der Waals surface area contributed by atoms with Crippen molar-refractivity contribution in [1.29, 1.82) is 0 Å². The number of piperidine rings is 1. The predicted molar refractivity (Wildman–Crippen MR) is 116 cm³/mol. The molecule has 2 aliphatic rings. The fraction of sp³-hybridized carbons (Fsp3) is 0.833. The standard InChI is InChI=1S/C18H32N6O2.HI/c1-19-18(20-14-17-22-21-16-6-3-4-9-24(16)17)23-10-7-15(8-11-23)26-13-5-12-25-2;/h15H,3-14H2,1-2H3,(H,19,20);1H. The van der Waals surface area contributed by atoms with Crippen molar-refractivity contribution in [2.24, 2.45) is 4.99 Å². The zero-order chi connectivity index (χ0) is 18.2. The average molecular weight is 492 g/mol. The van der Waals surface area contributed by atoms with Gasteiger partial charge in [0, 0.05) is 53.4 Å². The smallest absolute Gasteiger partial charge is 0.194 e. The number of fused-ring (bicyclic) bond motifs is 1. The molecule has 3 rings (SSSR count). The molecule has 0 amide bonds. The summed E-state index contributed by atoms with van der Waals surface area (Å²) in [6.45, 7) is 5.18. The van der Waals surface area contributed by atoms with Gasteiger partial charge in [-0.2, -0.15) is 0 Å². The second-order valence-corrected chi connectivity index (χ2v) is 6.95. The van der Waals surface area contributed by atoms with Gasteiger partial charge in [-0.1, -0.05) is 0 Å². The second-order valence-electron chi connectivity index (χ2n) is 6.95. The van der Waals surface area contributed by atoms with E-state index in [2.05, 4.69) is 30.0 Å². The number of rotatable bonds is 7. The van der Waals surface area contributed by atoms with Crippen LogP contribution in [-0.4, -0.2) is 72.2 Å². The van der Waals surface area contributed by atoms with Crippen molar-refractivity contribution < 1.29 is 9.47 Å². The highest BCUT2D eigenvalue weighted by Gasteiger charge is 2.22. The van der Waals surface area contributed by atoms with Gasteiger partial charge in [0.15, 0.2) is 11.8 Å². The molecule has 1 aromatic rings. The molecular formula is C18H33IN6O2. The lowest BCUT2D eigenvalue weighted by Crippen LogP contribution is -2.47. The van der Waals surface area contributed by atoms with Crippen molar-refractivity contribution in [2.45, 2.75) is 57.7 Å². The quantitative estimate of drug-likeness (QED) is 0.271. The first-order valence-corrected chi connectivity index (χ1v) is 9.79. The number of halogens is 1. The lowest BCUT2D eigenvalue weighted by Gasteiger charge is -2.34. The maximum Gasteiger partial charge on any atom is 0.194 e. The Hall–Kier alpha value is -0.940. The summed E-state index contributed by atoms with van der Waals surface area (Å²) in [5, 5.41) is 12.1. The maximum atomic E-state index is 5.94. The monoisotopic (exact) mass is 492 g/mol. The molecule has 0 aliphatic carbocycles. The van der Waals surface area contributed by atoms with E-state index in [9.17, 15) is 0 Å². The number of nitrogens with one attached hydrogen (secondary N) is 1. The second kappa shape index (κ2) is 11.8. The molecule has 0 unspecified atom stereocenters. The largest absolute Gasteiger partial charge is 0.385 e. The van der Waals surface area contributed by atoms with Gasteiger partial charge >= 0.3 is 0 Å². The zero-order valence-corrected chi connectivity index (χ0v) is 18.9. The summed E-state index contributed by atoms with van der Waals surface area (Å²) >= 11 is 0. The minimum Gasteiger partial charge on any atom is -0.385 e. The summed E-state index contributed by atoms with van der Waals surface area (Å²) in [6, 6.07) is 0. The first-order valence-electron chi connectivity index (χ1n) is 9.79. The number of ether oxygens (including phenoxy) is 2. The summed E-state index contributed by atoms with van der Waals surface area (Å²) < 4.78 is 13.3. The van der Waals surface area contributed by atoms with E-state index >= 15 is 0 Å². The van der Waals surface area contributed by atoms with Gasteiger partial charge in [-0.15, -0.1) is 34.2 Å². The number of hydrogen-bond acceptors (Lipinski definition) is 5. The Kier molecular flexibility index (Phi) is 9.77. The van der Waals surface area contributed by atoms with E-state index < -0.39 is 0 Å². The SMILES string of the molecule is CN=C(NCc1nnc2n1CCCC2)N1CCC(OCCCOC)CC1.I. The third-order valence-corrected chi connectivity index (χ3v) is 5.14. The molecular weight excluding hydrogens is 459 g/mol. The highest BCUT2D eigenvalue weighted by atomic mass is 127. The summed E-state index contributed by atoms with van der Waals surface area (Å²) in [4.78, 5) is 6.76. The fourth-order valence-electron chi connectivity index (χ4n) is 3.68. The third-order valence-electron chi connectivity index (χ3n) is 5.14. The van der Waals surface area contributed by atoms with Gasteiger partial charge in [0.25, 0.3) is 0 Å². The van der Waals surface area contributed by atoms with Gasteiger partial charge in [-0.05, 0) is 32.1 Å². The van der Waals surface area contributed by atoms with Crippen molar-refractivity contribution in [3.05, 3.63) is 11.6 Å². The number of aromatic nitrogens is 3. The summed E-state index contributed by atoms with van der Waals surface area (Å²) in [7, 11) is 3.57.